The predicted octanol–water partition coefficient (Wildman–Crippen LogP) is 5.02. The molecule has 188 valence electrons. The van der Waals surface area contributed by atoms with E-state index in [0.717, 1.165) is 51.8 Å². The molecule has 0 spiro atoms. The van der Waals surface area contributed by atoms with Gasteiger partial charge in [-0.1, -0.05) is 48.5 Å². The van der Waals surface area contributed by atoms with Crippen LogP contribution in [0.1, 0.15) is 95.7 Å². The first-order valence-electron chi connectivity index (χ1n) is 12.4. The molecular formula is C26H34N10. The molecule has 0 bridgehead atoms. The van der Waals surface area contributed by atoms with Crippen molar-refractivity contribution in [1.29, 1.82) is 10.5 Å². The lowest BCUT2D eigenvalue weighted by atomic mass is 10.1. The zero-order chi connectivity index (χ0) is 26.4. The maximum absolute atomic E-state index is 8.76. The minimum atomic E-state index is 0.272. The molecule has 4 aromatic heterocycles. The number of aromatic nitrogens is 8. The van der Waals surface area contributed by atoms with Gasteiger partial charge in [-0.05, 0) is 12.3 Å². The lowest BCUT2D eigenvalue weighted by Crippen LogP contribution is -2.06. The molecule has 10 nitrogen and oxygen atoms in total. The number of hydrogen-bond acceptors (Lipinski definition) is 8. The number of aryl methyl sites for hydroxylation is 2. The summed E-state index contributed by atoms with van der Waals surface area (Å²) in [5.41, 5.74) is 5.23. The first-order chi connectivity index (χ1) is 17.2. The second-order valence-electron chi connectivity index (χ2n) is 9.53. The van der Waals surface area contributed by atoms with Crippen LogP contribution in [0.25, 0.3) is 22.3 Å². The molecule has 0 unspecified atom stereocenters. The summed E-state index contributed by atoms with van der Waals surface area (Å²) in [6.07, 6.45) is 4.70. The van der Waals surface area contributed by atoms with Crippen molar-refractivity contribution in [2.45, 2.75) is 92.2 Å². The van der Waals surface area contributed by atoms with Crippen molar-refractivity contribution < 1.29 is 0 Å². The van der Waals surface area contributed by atoms with Gasteiger partial charge in [-0.15, -0.1) is 0 Å². The van der Waals surface area contributed by atoms with Crippen LogP contribution in [0.15, 0.2) is 12.7 Å². The SMILES string of the molecule is CC(C)c1nc(C(C)C)c2ncn(CCC#N)c2n1.CCc1nc(C(C)C)nc2c1ncn2CC#N. The summed E-state index contributed by atoms with van der Waals surface area (Å²) >= 11 is 0. The van der Waals surface area contributed by atoms with Crippen LogP contribution in [-0.2, 0) is 19.5 Å². The van der Waals surface area contributed by atoms with Crippen LogP contribution in [0.4, 0.5) is 0 Å². The summed E-state index contributed by atoms with van der Waals surface area (Å²) in [7, 11) is 0. The van der Waals surface area contributed by atoms with E-state index in [2.05, 4.69) is 90.5 Å². The quantitative estimate of drug-likeness (QED) is 0.355. The summed E-state index contributed by atoms with van der Waals surface area (Å²) in [6.45, 7) is 15.5. The van der Waals surface area contributed by atoms with Gasteiger partial charge in [0.1, 0.15) is 29.2 Å². The number of nitrogens with zero attached hydrogens (tertiary/aromatic N) is 10. The molecule has 0 saturated heterocycles. The number of rotatable bonds is 7. The van der Waals surface area contributed by atoms with Gasteiger partial charge < -0.3 is 9.13 Å². The van der Waals surface area contributed by atoms with Crippen LogP contribution in [0.5, 0.6) is 0 Å². The Bertz CT molecular complexity index is 1410. The third-order valence-corrected chi connectivity index (χ3v) is 5.68. The second-order valence-corrected chi connectivity index (χ2v) is 9.53. The van der Waals surface area contributed by atoms with E-state index in [0.29, 0.717) is 18.9 Å². The lowest BCUT2D eigenvalue weighted by molar-refractivity contribution is 0.709. The minimum absolute atomic E-state index is 0.272. The average Bonchev–Trinajstić information content (AvgIpc) is 3.46. The summed E-state index contributed by atoms with van der Waals surface area (Å²) in [6, 6.07) is 4.26. The highest BCUT2D eigenvalue weighted by Gasteiger charge is 2.17. The lowest BCUT2D eigenvalue weighted by Gasteiger charge is -2.11. The van der Waals surface area contributed by atoms with Crippen molar-refractivity contribution in [2.75, 3.05) is 0 Å². The fourth-order valence-corrected chi connectivity index (χ4v) is 3.70. The second kappa shape index (κ2) is 11.7. The minimum Gasteiger partial charge on any atom is -0.314 e. The standard InChI is InChI=1S/C14H19N5.C12H15N5/c1-9(2)11-12-14(18-13(17-11)10(3)4)19(8-16-12)7-5-6-15;1-4-9-10-12(16-11(15-9)8(2)3)17(6-5-13)7-14-10/h8-10H,5,7H2,1-4H3;7-8H,4,6H2,1-3H3. The monoisotopic (exact) mass is 486 g/mol. The smallest absolute Gasteiger partial charge is 0.164 e. The molecule has 36 heavy (non-hydrogen) atoms. The molecular weight excluding hydrogens is 452 g/mol. The molecule has 0 N–H and O–H groups in total. The maximum atomic E-state index is 8.76. The zero-order valence-corrected chi connectivity index (χ0v) is 22.2. The van der Waals surface area contributed by atoms with Crippen molar-refractivity contribution in [1.82, 2.24) is 39.0 Å². The number of hydrogen-bond donors (Lipinski definition) is 0. The van der Waals surface area contributed by atoms with Gasteiger partial charge in [0.2, 0.25) is 0 Å². The Balaban J connectivity index is 0.000000202. The van der Waals surface area contributed by atoms with E-state index in [1.807, 2.05) is 4.57 Å². The maximum Gasteiger partial charge on any atom is 0.164 e. The van der Waals surface area contributed by atoms with Gasteiger partial charge >= 0.3 is 0 Å². The van der Waals surface area contributed by atoms with E-state index in [9.17, 15) is 0 Å². The summed E-state index contributed by atoms with van der Waals surface area (Å²) in [5.74, 6) is 2.52. The third-order valence-electron chi connectivity index (χ3n) is 5.68. The van der Waals surface area contributed by atoms with Gasteiger partial charge in [0, 0.05) is 18.4 Å². The highest BCUT2D eigenvalue weighted by atomic mass is 15.1. The molecule has 4 rings (SSSR count). The Morgan fingerprint density at radius 2 is 1.33 bits per heavy atom. The molecule has 0 amide bonds. The normalized spacial score (nSPS) is 11.2. The van der Waals surface area contributed by atoms with Crippen molar-refractivity contribution in [3.05, 3.63) is 35.7 Å². The van der Waals surface area contributed by atoms with Crippen LogP contribution >= 0.6 is 0 Å². The fraction of sp³-hybridized carbons (Fsp3) is 0.538. The topological polar surface area (TPSA) is 135 Å². The molecule has 0 saturated carbocycles. The van der Waals surface area contributed by atoms with E-state index >= 15 is 0 Å². The highest BCUT2D eigenvalue weighted by Crippen LogP contribution is 2.24. The Morgan fingerprint density at radius 3 is 1.89 bits per heavy atom. The largest absolute Gasteiger partial charge is 0.314 e. The first kappa shape index (κ1) is 26.7. The van der Waals surface area contributed by atoms with E-state index in [-0.39, 0.29) is 18.4 Å². The van der Waals surface area contributed by atoms with Gasteiger partial charge in [0.25, 0.3) is 0 Å². The van der Waals surface area contributed by atoms with E-state index in [4.69, 9.17) is 10.5 Å². The fourth-order valence-electron chi connectivity index (χ4n) is 3.70. The molecule has 0 radical (unpaired) electrons. The van der Waals surface area contributed by atoms with E-state index in [1.54, 1.807) is 17.2 Å². The molecule has 4 heterocycles. The Morgan fingerprint density at radius 1 is 0.750 bits per heavy atom. The summed E-state index contributed by atoms with van der Waals surface area (Å²) < 4.78 is 3.71. The highest BCUT2D eigenvalue weighted by molar-refractivity contribution is 5.74. The molecule has 0 aromatic carbocycles. The Hall–Kier alpha value is -3.92. The average molecular weight is 487 g/mol. The Kier molecular flexibility index (Phi) is 8.65. The van der Waals surface area contributed by atoms with Gasteiger partial charge in [-0.2, -0.15) is 10.5 Å². The Labute approximate surface area is 212 Å². The molecule has 0 aliphatic rings. The molecule has 4 aromatic rings. The van der Waals surface area contributed by atoms with Crippen molar-refractivity contribution in [3.63, 3.8) is 0 Å². The van der Waals surface area contributed by atoms with Crippen LogP contribution in [0.2, 0.25) is 0 Å². The predicted molar refractivity (Wildman–Crippen MR) is 138 cm³/mol. The molecule has 10 heteroatoms. The van der Waals surface area contributed by atoms with Crippen molar-refractivity contribution >= 4 is 22.3 Å². The molecule has 0 fully saturated rings. The van der Waals surface area contributed by atoms with Gasteiger partial charge in [0.15, 0.2) is 11.3 Å². The van der Waals surface area contributed by atoms with Crippen LogP contribution in [0, 0.1) is 22.7 Å². The summed E-state index contributed by atoms with van der Waals surface area (Å²) in [5, 5.41) is 17.5. The van der Waals surface area contributed by atoms with Gasteiger partial charge in [0.05, 0.1) is 42.6 Å². The number of imidazole rings is 2. The van der Waals surface area contributed by atoms with Crippen molar-refractivity contribution in [3.8, 4) is 12.1 Å². The van der Waals surface area contributed by atoms with Crippen LogP contribution in [-0.4, -0.2) is 39.0 Å². The first-order valence-corrected chi connectivity index (χ1v) is 12.4. The van der Waals surface area contributed by atoms with Gasteiger partial charge in [-0.25, -0.2) is 29.9 Å². The van der Waals surface area contributed by atoms with Gasteiger partial charge in [-0.3, -0.25) is 0 Å². The zero-order valence-electron chi connectivity index (χ0n) is 22.2. The third kappa shape index (κ3) is 5.65. The number of nitriles is 2. The molecule has 0 aliphatic heterocycles. The number of fused-ring (bicyclic) bond motifs is 2. The van der Waals surface area contributed by atoms with Crippen LogP contribution in [0.3, 0.4) is 0 Å². The molecule has 0 aliphatic carbocycles. The summed E-state index contributed by atoms with van der Waals surface area (Å²) in [4.78, 5) is 27.0. The van der Waals surface area contributed by atoms with Crippen LogP contribution < -0.4 is 0 Å². The van der Waals surface area contributed by atoms with Crippen molar-refractivity contribution in [2.24, 2.45) is 0 Å². The molecule has 0 atom stereocenters. The van der Waals surface area contributed by atoms with E-state index < -0.39 is 0 Å². The van der Waals surface area contributed by atoms with E-state index in [1.165, 1.54) is 0 Å².